The second-order valence-electron chi connectivity index (χ2n) is 11.7. The second kappa shape index (κ2) is 14.1. The lowest BCUT2D eigenvalue weighted by atomic mass is 9.82. The average molecular weight is 627 g/mol. The number of benzene rings is 3. The van der Waals surface area contributed by atoms with Gasteiger partial charge in [-0.3, -0.25) is 24.5 Å². The number of amides is 3. The van der Waals surface area contributed by atoms with Gasteiger partial charge in [-0.1, -0.05) is 61.5 Å². The van der Waals surface area contributed by atoms with Crippen molar-refractivity contribution in [3.63, 3.8) is 0 Å². The van der Waals surface area contributed by atoms with Gasteiger partial charge in [0.05, 0.1) is 23.8 Å². The minimum atomic E-state index is -2.13. The molecule has 240 valence electrons. The number of nitrogens with zero attached hydrogens (tertiary/aromatic N) is 4. The number of aliphatic hydroxyl groups is 2. The van der Waals surface area contributed by atoms with Crippen molar-refractivity contribution < 1.29 is 29.5 Å². The number of nitro groups is 1. The van der Waals surface area contributed by atoms with Crippen molar-refractivity contribution in [2.45, 2.75) is 51.3 Å². The Labute approximate surface area is 267 Å². The molecule has 3 aromatic carbocycles. The fourth-order valence-corrected chi connectivity index (χ4v) is 6.15. The van der Waals surface area contributed by atoms with Crippen molar-refractivity contribution in [1.82, 2.24) is 4.90 Å². The fourth-order valence-electron chi connectivity index (χ4n) is 6.15. The molecular formula is C35H38N4O7. The van der Waals surface area contributed by atoms with E-state index in [4.69, 9.17) is 0 Å². The first-order chi connectivity index (χ1) is 22.1. The molecule has 2 aliphatic rings. The van der Waals surface area contributed by atoms with Crippen LogP contribution >= 0.6 is 0 Å². The molecule has 5 rings (SSSR count). The van der Waals surface area contributed by atoms with Crippen LogP contribution in [0.1, 0.15) is 49.3 Å². The first kappa shape index (κ1) is 32.5. The number of non-ortho nitro benzene ring substituents is 1. The van der Waals surface area contributed by atoms with E-state index in [9.17, 15) is 34.7 Å². The quantitative estimate of drug-likeness (QED) is 0.172. The summed E-state index contributed by atoms with van der Waals surface area (Å²) in [5.74, 6) is -1.68. The van der Waals surface area contributed by atoms with Crippen LogP contribution in [-0.2, 0) is 33.1 Å². The number of nitro benzene ring substituents is 1. The summed E-state index contributed by atoms with van der Waals surface area (Å²) < 4.78 is 0. The van der Waals surface area contributed by atoms with Crippen LogP contribution in [0.2, 0.25) is 0 Å². The molecule has 1 fully saturated rings. The van der Waals surface area contributed by atoms with E-state index >= 15 is 0 Å². The van der Waals surface area contributed by atoms with E-state index in [0.717, 1.165) is 29.7 Å². The van der Waals surface area contributed by atoms with Gasteiger partial charge in [0.2, 0.25) is 11.8 Å². The first-order valence-corrected chi connectivity index (χ1v) is 15.4. The zero-order valence-electron chi connectivity index (χ0n) is 25.7. The molecule has 3 aromatic rings. The Balaban J connectivity index is 1.38. The predicted octanol–water partition coefficient (Wildman–Crippen LogP) is 4.45. The number of fused-ring (bicyclic) bond motifs is 1. The van der Waals surface area contributed by atoms with E-state index in [1.165, 1.54) is 28.0 Å². The molecule has 11 nitrogen and oxygen atoms in total. The molecule has 46 heavy (non-hydrogen) atoms. The minimum absolute atomic E-state index is 0.0328. The highest BCUT2D eigenvalue weighted by molar-refractivity contribution is 6.07. The molecular weight excluding hydrogens is 588 g/mol. The molecule has 0 saturated carbocycles. The molecule has 0 radical (unpaired) electrons. The zero-order valence-corrected chi connectivity index (χ0v) is 25.7. The third-order valence-corrected chi connectivity index (χ3v) is 8.67. The molecule has 2 N–H and O–H groups in total. The molecule has 0 aliphatic carbocycles. The number of carbonyl (C=O) groups excluding carboxylic acids is 3. The molecule has 0 aromatic heterocycles. The minimum Gasteiger partial charge on any atom is -0.395 e. The van der Waals surface area contributed by atoms with E-state index in [1.807, 2.05) is 54.6 Å². The van der Waals surface area contributed by atoms with Gasteiger partial charge in [0.15, 0.2) is 5.60 Å². The highest BCUT2D eigenvalue weighted by Gasteiger charge is 2.53. The van der Waals surface area contributed by atoms with Crippen molar-refractivity contribution in [1.29, 1.82) is 0 Å². The molecule has 2 aliphatic heterocycles. The van der Waals surface area contributed by atoms with Crippen molar-refractivity contribution >= 4 is 34.8 Å². The van der Waals surface area contributed by atoms with Crippen LogP contribution < -0.4 is 9.80 Å². The number of piperidine rings is 1. The van der Waals surface area contributed by atoms with Gasteiger partial charge in [0.1, 0.15) is 0 Å². The van der Waals surface area contributed by atoms with Crippen LogP contribution in [0.25, 0.3) is 0 Å². The number of anilines is 2. The van der Waals surface area contributed by atoms with Gasteiger partial charge in [-0.25, -0.2) is 0 Å². The Hall–Kier alpha value is -4.87. The molecule has 3 amide bonds. The normalized spacial score (nSPS) is 18.6. The summed E-state index contributed by atoms with van der Waals surface area (Å²) in [6.07, 6.45) is 5.36. The summed E-state index contributed by atoms with van der Waals surface area (Å²) >= 11 is 0. The van der Waals surface area contributed by atoms with Gasteiger partial charge in [-0.2, -0.15) is 0 Å². The number of aliphatic hydroxyl groups excluding tert-OH is 1. The monoisotopic (exact) mass is 626 g/mol. The number of hydrogen-bond donors (Lipinski definition) is 2. The number of hydrogen-bond acceptors (Lipinski definition) is 7. The summed E-state index contributed by atoms with van der Waals surface area (Å²) in [7, 11) is 0. The van der Waals surface area contributed by atoms with E-state index in [1.54, 1.807) is 24.0 Å². The van der Waals surface area contributed by atoms with Gasteiger partial charge < -0.3 is 24.9 Å². The van der Waals surface area contributed by atoms with Crippen molar-refractivity contribution in [3.8, 4) is 0 Å². The lowest BCUT2D eigenvalue weighted by molar-refractivity contribution is -0.385. The molecule has 0 bridgehead atoms. The average Bonchev–Trinajstić information content (AvgIpc) is 3.27. The first-order valence-electron chi connectivity index (χ1n) is 15.4. The summed E-state index contributed by atoms with van der Waals surface area (Å²) in [6.45, 7) is 2.60. The molecule has 2 atom stereocenters. The summed E-state index contributed by atoms with van der Waals surface area (Å²) in [5, 5.41) is 33.2. The third-order valence-electron chi connectivity index (χ3n) is 8.67. The molecule has 2 heterocycles. The third kappa shape index (κ3) is 6.70. The molecule has 11 heteroatoms. The Morgan fingerprint density at radius 2 is 1.83 bits per heavy atom. The topological polar surface area (TPSA) is 145 Å². The van der Waals surface area contributed by atoms with Gasteiger partial charge in [0, 0.05) is 61.8 Å². The van der Waals surface area contributed by atoms with E-state index in [2.05, 4.69) is 0 Å². The lowest BCUT2D eigenvalue weighted by Crippen LogP contribution is -2.44. The van der Waals surface area contributed by atoms with Gasteiger partial charge >= 0.3 is 0 Å². The van der Waals surface area contributed by atoms with E-state index in [-0.39, 0.29) is 49.2 Å². The second-order valence-corrected chi connectivity index (χ2v) is 11.7. The maximum atomic E-state index is 14.0. The molecule has 0 unspecified atom stereocenters. The Kier molecular flexibility index (Phi) is 9.93. The summed E-state index contributed by atoms with van der Waals surface area (Å²) in [5.41, 5.74) is 0.457. The highest BCUT2D eigenvalue weighted by atomic mass is 16.6. The smallest absolute Gasteiger partial charge is 0.269 e. The maximum absolute atomic E-state index is 14.0. The predicted molar refractivity (Wildman–Crippen MR) is 173 cm³/mol. The largest absolute Gasteiger partial charge is 0.395 e. The fraction of sp³-hybridized carbons (Fsp3) is 0.343. The van der Waals surface area contributed by atoms with Gasteiger partial charge in [-0.15, -0.1) is 0 Å². The lowest BCUT2D eigenvalue weighted by Gasteiger charge is -2.28. The van der Waals surface area contributed by atoms with Crippen LogP contribution in [0.15, 0.2) is 84.9 Å². The van der Waals surface area contributed by atoms with Gasteiger partial charge in [0.25, 0.3) is 11.6 Å². The van der Waals surface area contributed by atoms with Crippen molar-refractivity contribution in [2.75, 3.05) is 29.5 Å². The Morgan fingerprint density at radius 1 is 1.07 bits per heavy atom. The zero-order chi connectivity index (χ0) is 32.8. The SMILES string of the molecule is C[C@@H](/C=C/CC(=O)N(CCO)Cc1ccccc1)[C@]1(O)C(=O)N(Cc2cccc(N3CCCCC3=O)c2)c2ccc([N+](=O)[O-])cc21. The van der Waals surface area contributed by atoms with Crippen LogP contribution in [-0.4, -0.2) is 57.5 Å². The Bertz CT molecular complexity index is 1640. The summed E-state index contributed by atoms with van der Waals surface area (Å²) in [6, 6.07) is 20.7. The molecule has 1 saturated heterocycles. The van der Waals surface area contributed by atoms with Crippen molar-refractivity contribution in [2.24, 2.45) is 5.92 Å². The van der Waals surface area contributed by atoms with Crippen LogP contribution in [0.5, 0.6) is 0 Å². The number of rotatable bonds is 12. The van der Waals surface area contributed by atoms with E-state index in [0.29, 0.717) is 25.2 Å². The number of carbonyl (C=O) groups is 3. The molecule has 0 spiro atoms. The van der Waals surface area contributed by atoms with Gasteiger partial charge in [-0.05, 0) is 42.2 Å². The Morgan fingerprint density at radius 3 is 2.54 bits per heavy atom. The highest BCUT2D eigenvalue weighted by Crippen LogP contribution is 2.47. The van der Waals surface area contributed by atoms with Crippen molar-refractivity contribution in [3.05, 3.63) is 112 Å². The summed E-state index contributed by atoms with van der Waals surface area (Å²) in [4.78, 5) is 55.4. The van der Waals surface area contributed by atoms with Crippen LogP contribution in [0.3, 0.4) is 0 Å². The maximum Gasteiger partial charge on any atom is 0.269 e. The van der Waals surface area contributed by atoms with Crippen LogP contribution in [0, 0.1) is 16.0 Å². The standard InChI is InChI=1S/C35H38N4O7/c1-25(9-7-15-32(41)36(19-20-40)23-26-10-3-2-4-11-26)35(44)30-22-29(39(45)46)16-17-31(30)38(34(35)43)24-27-12-8-13-28(21-27)37-18-6-5-14-33(37)42/h2-4,7-13,16-17,21-22,25,40,44H,5-6,14-15,18-20,23-24H2,1H3/b9-7+/t25-,35+/m0/s1. The van der Waals surface area contributed by atoms with Crippen LogP contribution in [0.4, 0.5) is 17.1 Å². The van der Waals surface area contributed by atoms with E-state index < -0.39 is 22.3 Å².